The van der Waals surface area contributed by atoms with Crippen LogP contribution in [0.5, 0.6) is 0 Å². The number of hydrogen-bond acceptors (Lipinski definition) is 9. The number of nitrogens with one attached hydrogen (secondary N) is 4. The molecule has 4 aromatic rings. The normalized spacial score (nSPS) is 18.5. The summed E-state index contributed by atoms with van der Waals surface area (Å²) >= 11 is 1.72. The molecular weight excluding hydrogens is 697 g/mol. The van der Waals surface area contributed by atoms with Gasteiger partial charge in [0.25, 0.3) is 0 Å². The van der Waals surface area contributed by atoms with Gasteiger partial charge < -0.3 is 39.9 Å². The van der Waals surface area contributed by atoms with E-state index in [1.807, 2.05) is 49.8 Å². The van der Waals surface area contributed by atoms with Gasteiger partial charge in [-0.3, -0.25) is 9.59 Å². The summed E-state index contributed by atoms with van der Waals surface area (Å²) in [6.45, 7) is 8.83. The third kappa shape index (κ3) is 8.34. The smallest absolute Gasteiger partial charge is 0.407 e. The van der Waals surface area contributed by atoms with E-state index in [4.69, 9.17) is 14.5 Å². The lowest BCUT2D eigenvalue weighted by molar-refractivity contribution is -0.136. The van der Waals surface area contributed by atoms with Gasteiger partial charge in [0.15, 0.2) is 0 Å². The van der Waals surface area contributed by atoms with Gasteiger partial charge in [0.05, 0.1) is 54.1 Å². The molecule has 0 bridgehead atoms. The number of amides is 4. The predicted octanol–water partition coefficient (Wildman–Crippen LogP) is 5.89. The van der Waals surface area contributed by atoms with Gasteiger partial charge in [-0.25, -0.2) is 19.6 Å². The van der Waals surface area contributed by atoms with Crippen molar-refractivity contribution < 1.29 is 28.7 Å². The molecule has 0 aliphatic carbocycles. The van der Waals surface area contributed by atoms with Crippen LogP contribution in [-0.2, 0) is 31.9 Å². The molecular formula is C38H50N8O6S. The number of ether oxygens (including phenoxy) is 2. The standard InChI is InChI=1S/C38H50N8O6S/c1-21(2)31(43-37(49)51-5)35(47)45-17-7-9-28(45)33-39-20-27(42-33)30-16-14-24(53-30)13-11-23-12-15-25-26(19-23)41-34(40-25)29-10-8-18-46(29)36(48)32(22(3)4)44-38(50)52-6/h12,14-16,19-22,28-29,31-32H,7-11,13,17-18H2,1-6H3,(H,39,42)(H,40,41)(H,43,49)(H,44,50)/t28?,29-,31-,32-/m0/s1. The number of methoxy groups -OCH3 is 2. The van der Waals surface area contributed by atoms with Crippen LogP contribution in [0.2, 0.25) is 0 Å². The number of imidazole rings is 2. The zero-order valence-electron chi connectivity index (χ0n) is 31.2. The van der Waals surface area contributed by atoms with Crippen LogP contribution in [0.15, 0.2) is 36.5 Å². The monoisotopic (exact) mass is 746 g/mol. The number of alkyl carbamates (subject to hydrolysis) is 2. The number of aromatic amines is 2. The maximum atomic E-state index is 13.6. The summed E-state index contributed by atoms with van der Waals surface area (Å²) in [4.78, 5) is 73.4. The molecule has 1 aromatic carbocycles. The minimum Gasteiger partial charge on any atom is -0.453 e. The Kier molecular flexibility index (Phi) is 11.7. The van der Waals surface area contributed by atoms with Crippen LogP contribution in [-0.4, -0.2) is 93.1 Å². The molecule has 15 heteroatoms. The zero-order valence-corrected chi connectivity index (χ0v) is 32.0. The number of carbonyl (C=O) groups is 4. The van der Waals surface area contributed by atoms with Gasteiger partial charge in [-0.05, 0) is 80.2 Å². The molecule has 53 heavy (non-hydrogen) atoms. The van der Waals surface area contributed by atoms with Gasteiger partial charge in [-0.2, -0.15) is 0 Å². The number of thiophene rings is 1. The van der Waals surface area contributed by atoms with Crippen LogP contribution < -0.4 is 10.6 Å². The average Bonchev–Trinajstić information content (AvgIpc) is 3.98. The molecule has 0 spiro atoms. The molecule has 4 atom stereocenters. The number of aromatic nitrogens is 4. The number of fused-ring (bicyclic) bond motifs is 1. The molecule has 2 aliphatic heterocycles. The van der Waals surface area contributed by atoms with Crippen LogP contribution >= 0.6 is 11.3 Å². The van der Waals surface area contributed by atoms with E-state index >= 15 is 0 Å². The molecule has 2 aliphatic rings. The highest BCUT2D eigenvalue weighted by Crippen LogP contribution is 2.35. The quantitative estimate of drug-likeness (QED) is 0.139. The Labute approximate surface area is 313 Å². The summed E-state index contributed by atoms with van der Waals surface area (Å²) in [5.41, 5.74) is 3.88. The van der Waals surface area contributed by atoms with Crippen molar-refractivity contribution in [3.8, 4) is 10.6 Å². The molecule has 0 saturated carbocycles. The maximum absolute atomic E-state index is 13.6. The van der Waals surface area contributed by atoms with Crippen LogP contribution in [0, 0.1) is 11.8 Å². The highest BCUT2D eigenvalue weighted by atomic mass is 32.1. The molecule has 4 amide bonds. The predicted molar refractivity (Wildman–Crippen MR) is 201 cm³/mol. The third-order valence-electron chi connectivity index (χ3n) is 10.2. The molecule has 2 fully saturated rings. The molecule has 2 saturated heterocycles. The van der Waals surface area contributed by atoms with Gasteiger partial charge in [-0.15, -0.1) is 11.3 Å². The van der Waals surface area contributed by atoms with Gasteiger partial charge in [0, 0.05) is 18.0 Å². The van der Waals surface area contributed by atoms with Gasteiger partial charge in [0.2, 0.25) is 11.8 Å². The number of rotatable bonds is 12. The van der Waals surface area contributed by atoms with Crippen LogP contribution in [0.1, 0.15) is 87.6 Å². The van der Waals surface area contributed by atoms with Gasteiger partial charge in [0.1, 0.15) is 23.7 Å². The lowest BCUT2D eigenvalue weighted by Crippen LogP contribution is -2.51. The average molecular weight is 747 g/mol. The second kappa shape index (κ2) is 16.4. The fourth-order valence-electron chi connectivity index (χ4n) is 7.33. The van der Waals surface area contributed by atoms with Gasteiger partial charge in [-0.1, -0.05) is 33.8 Å². The number of nitrogens with zero attached hydrogens (tertiary/aromatic N) is 4. The van der Waals surface area contributed by atoms with Crippen LogP contribution in [0.4, 0.5) is 9.59 Å². The molecule has 284 valence electrons. The van der Waals surface area contributed by atoms with Crippen LogP contribution in [0.25, 0.3) is 21.6 Å². The second-order valence-electron chi connectivity index (χ2n) is 14.5. The number of aryl methyl sites for hydroxylation is 2. The number of hydrogen-bond donors (Lipinski definition) is 4. The van der Waals surface area contributed by atoms with E-state index < -0.39 is 24.3 Å². The summed E-state index contributed by atoms with van der Waals surface area (Å²) in [5, 5.41) is 5.40. The lowest BCUT2D eigenvalue weighted by Gasteiger charge is -2.30. The Morgan fingerprint density at radius 3 is 2.02 bits per heavy atom. The number of carbonyl (C=O) groups excluding carboxylic acids is 4. The first-order valence-electron chi connectivity index (χ1n) is 18.4. The largest absolute Gasteiger partial charge is 0.453 e. The van der Waals surface area contributed by atoms with Crippen molar-refractivity contribution in [2.45, 2.75) is 90.4 Å². The van der Waals surface area contributed by atoms with Crippen molar-refractivity contribution in [3.05, 3.63) is 58.6 Å². The molecule has 6 rings (SSSR count). The Morgan fingerprint density at radius 2 is 1.43 bits per heavy atom. The summed E-state index contributed by atoms with van der Waals surface area (Å²) < 4.78 is 9.52. The summed E-state index contributed by atoms with van der Waals surface area (Å²) in [6.07, 6.45) is 5.61. The Morgan fingerprint density at radius 1 is 0.830 bits per heavy atom. The van der Waals surface area contributed by atoms with E-state index in [2.05, 4.69) is 49.9 Å². The van der Waals surface area contributed by atoms with Crippen molar-refractivity contribution in [2.75, 3.05) is 27.3 Å². The maximum Gasteiger partial charge on any atom is 0.407 e. The minimum absolute atomic E-state index is 0.0968. The van der Waals surface area contributed by atoms with Crippen molar-refractivity contribution in [3.63, 3.8) is 0 Å². The van der Waals surface area contributed by atoms with Gasteiger partial charge >= 0.3 is 12.2 Å². The SMILES string of the molecule is COC(=O)N[C@H](C(=O)N1CCCC1c1ncc(-c2ccc(CCc3ccc4nc([C@@H]5CCCN5C(=O)[C@@H](NC(=O)OC)C(C)C)[nH]c4c3)s2)[nH]1)C(C)C. The van der Waals surface area contributed by atoms with E-state index in [0.29, 0.717) is 13.1 Å². The van der Waals surface area contributed by atoms with Crippen molar-refractivity contribution >= 4 is 46.4 Å². The first-order valence-corrected chi connectivity index (χ1v) is 19.2. The summed E-state index contributed by atoms with van der Waals surface area (Å²) in [5.74, 6) is 1.05. The lowest BCUT2D eigenvalue weighted by atomic mass is 10.0. The highest BCUT2D eigenvalue weighted by Gasteiger charge is 2.39. The van der Waals surface area contributed by atoms with Crippen molar-refractivity contribution in [1.29, 1.82) is 0 Å². The molecule has 5 heterocycles. The minimum atomic E-state index is -0.679. The van der Waals surface area contributed by atoms with E-state index in [0.717, 1.165) is 71.8 Å². The fourth-order valence-corrected chi connectivity index (χ4v) is 8.30. The third-order valence-corrected chi connectivity index (χ3v) is 11.4. The first-order chi connectivity index (χ1) is 25.5. The van der Waals surface area contributed by atoms with Crippen molar-refractivity contribution in [1.82, 2.24) is 40.4 Å². The first kappa shape index (κ1) is 37.8. The molecule has 1 unspecified atom stereocenters. The van der Waals surface area contributed by atoms with Crippen molar-refractivity contribution in [2.24, 2.45) is 11.8 Å². The zero-order chi connectivity index (χ0) is 37.8. The molecule has 3 aromatic heterocycles. The van der Waals surface area contributed by atoms with E-state index in [1.165, 1.54) is 24.7 Å². The highest BCUT2D eigenvalue weighted by molar-refractivity contribution is 7.15. The Hall–Kier alpha value is -4.92. The molecule has 0 radical (unpaired) electrons. The van der Waals surface area contributed by atoms with E-state index in [1.54, 1.807) is 11.3 Å². The number of likely N-dealkylation sites (tertiary alicyclic amines) is 2. The van der Waals surface area contributed by atoms with Crippen LogP contribution in [0.3, 0.4) is 0 Å². The Balaban J connectivity index is 1.09. The number of benzene rings is 1. The second-order valence-corrected chi connectivity index (χ2v) is 15.7. The fraction of sp³-hybridized carbons (Fsp3) is 0.526. The summed E-state index contributed by atoms with van der Waals surface area (Å²) in [6, 6.07) is 8.79. The molecule has 14 nitrogen and oxygen atoms in total. The summed E-state index contributed by atoms with van der Waals surface area (Å²) in [7, 11) is 2.59. The van der Waals surface area contributed by atoms with E-state index in [9.17, 15) is 19.2 Å². The van der Waals surface area contributed by atoms with E-state index in [-0.39, 0.29) is 35.7 Å². The molecule has 4 N–H and O–H groups in total. The topological polar surface area (TPSA) is 175 Å². The Bertz CT molecular complexity index is 1930. The number of H-pyrrole nitrogens is 2.